The average molecular weight is 413 g/mol. The van der Waals surface area contributed by atoms with Crippen LogP contribution in [0.15, 0.2) is 64.2 Å². The minimum Gasteiger partial charge on any atom is -0.362 e. The van der Waals surface area contributed by atoms with Crippen LogP contribution < -0.4 is 0 Å². The van der Waals surface area contributed by atoms with Crippen LogP contribution in [0.2, 0.25) is 0 Å². The van der Waals surface area contributed by atoms with Crippen LogP contribution in [0.3, 0.4) is 0 Å². The normalized spacial score (nSPS) is 20.5. The summed E-state index contributed by atoms with van der Waals surface area (Å²) < 4.78 is 41.2. The molecular weight excluding hydrogens is 401 g/mol. The van der Waals surface area contributed by atoms with E-state index >= 15 is 0 Å². The second-order valence-corrected chi connectivity index (χ2v) is 6.44. The molecule has 0 saturated carbocycles. The molecule has 130 valence electrons. The highest BCUT2D eigenvalue weighted by Gasteiger charge is 2.63. The Balaban J connectivity index is 2.04. The quantitative estimate of drug-likeness (QED) is 0.811. The fraction of sp³-hybridized carbons (Fsp3) is 0.176. The lowest BCUT2D eigenvalue weighted by atomic mass is 10.0. The standard InChI is InChI=1S/C17H12BrF3N2O2/c18-13-8-6-11(7-9-13)14-10-16(25,17(19,20)21)23(22-14)15(24)12-4-2-1-3-5-12/h1-9,25H,10H2/t16-/m1/s1. The maximum Gasteiger partial charge on any atom is 0.438 e. The molecule has 1 amide bonds. The summed E-state index contributed by atoms with van der Waals surface area (Å²) >= 11 is 3.24. The summed E-state index contributed by atoms with van der Waals surface area (Å²) in [4.78, 5) is 12.5. The molecule has 1 heterocycles. The molecule has 1 aliphatic rings. The topological polar surface area (TPSA) is 52.9 Å². The Morgan fingerprint density at radius 2 is 1.72 bits per heavy atom. The Bertz CT molecular complexity index is 822. The van der Waals surface area contributed by atoms with Crippen molar-refractivity contribution in [2.75, 3.05) is 0 Å². The van der Waals surface area contributed by atoms with Crippen molar-refractivity contribution >= 4 is 27.5 Å². The Morgan fingerprint density at radius 1 is 1.12 bits per heavy atom. The van der Waals surface area contributed by atoms with E-state index < -0.39 is 24.2 Å². The zero-order valence-electron chi connectivity index (χ0n) is 12.7. The van der Waals surface area contributed by atoms with Gasteiger partial charge >= 0.3 is 6.18 Å². The van der Waals surface area contributed by atoms with Gasteiger partial charge in [-0.1, -0.05) is 46.3 Å². The molecule has 2 aromatic rings. The number of hydrazone groups is 1. The predicted molar refractivity (Wildman–Crippen MR) is 88.9 cm³/mol. The summed E-state index contributed by atoms with van der Waals surface area (Å²) in [6.07, 6.45) is -5.89. The van der Waals surface area contributed by atoms with E-state index in [1.807, 2.05) is 0 Å². The SMILES string of the molecule is O=C(c1ccccc1)N1N=C(c2ccc(Br)cc2)C[C@@]1(O)C(F)(F)F. The number of nitrogens with zero attached hydrogens (tertiary/aromatic N) is 2. The summed E-state index contributed by atoms with van der Waals surface area (Å²) in [5.41, 5.74) is -3.00. The first kappa shape index (κ1) is 17.6. The number of alkyl halides is 3. The summed E-state index contributed by atoms with van der Waals surface area (Å²) in [6.45, 7) is 0. The molecule has 0 aromatic heterocycles. The maximum absolute atomic E-state index is 13.5. The van der Waals surface area contributed by atoms with Gasteiger partial charge in [0.1, 0.15) is 0 Å². The lowest BCUT2D eigenvalue weighted by Crippen LogP contribution is -2.56. The van der Waals surface area contributed by atoms with Gasteiger partial charge in [0.15, 0.2) is 0 Å². The molecule has 0 spiro atoms. The number of halogens is 4. The number of aliphatic hydroxyl groups is 1. The largest absolute Gasteiger partial charge is 0.438 e. The summed E-state index contributed by atoms with van der Waals surface area (Å²) in [6, 6.07) is 13.8. The van der Waals surface area contributed by atoms with E-state index in [9.17, 15) is 23.1 Å². The van der Waals surface area contributed by atoms with Crippen LogP contribution in [0.1, 0.15) is 22.3 Å². The Kier molecular flexibility index (Phi) is 4.42. The van der Waals surface area contributed by atoms with Crippen LogP contribution in [0, 0.1) is 0 Å². The number of rotatable bonds is 2. The number of hydrogen-bond acceptors (Lipinski definition) is 3. The van der Waals surface area contributed by atoms with Gasteiger partial charge in [-0.2, -0.15) is 23.3 Å². The zero-order chi connectivity index (χ0) is 18.2. The van der Waals surface area contributed by atoms with Crippen molar-refractivity contribution in [1.82, 2.24) is 5.01 Å². The van der Waals surface area contributed by atoms with Gasteiger partial charge in [-0.05, 0) is 29.8 Å². The van der Waals surface area contributed by atoms with Crippen LogP contribution in [0.4, 0.5) is 13.2 Å². The average Bonchev–Trinajstić information content (AvgIpc) is 2.94. The molecule has 0 fully saturated rings. The van der Waals surface area contributed by atoms with Crippen molar-refractivity contribution in [2.24, 2.45) is 5.10 Å². The van der Waals surface area contributed by atoms with Gasteiger partial charge in [-0.25, -0.2) is 0 Å². The fourth-order valence-corrected chi connectivity index (χ4v) is 2.75. The third kappa shape index (κ3) is 3.19. The van der Waals surface area contributed by atoms with Crippen LogP contribution in [-0.4, -0.2) is 33.6 Å². The van der Waals surface area contributed by atoms with E-state index in [0.29, 0.717) is 5.56 Å². The predicted octanol–water partition coefficient (Wildman–Crippen LogP) is 3.95. The van der Waals surface area contributed by atoms with Gasteiger partial charge in [0, 0.05) is 10.0 Å². The molecule has 0 bridgehead atoms. The Hall–Kier alpha value is -2.19. The third-order valence-electron chi connectivity index (χ3n) is 3.83. The number of amides is 1. The number of carbonyl (C=O) groups excluding carboxylic acids is 1. The van der Waals surface area contributed by atoms with Gasteiger partial charge in [0.05, 0.1) is 12.1 Å². The molecule has 8 heteroatoms. The van der Waals surface area contributed by atoms with Gasteiger partial charge in [-0.15, -0.1) is 0 Å². The summed E-state index contributed by atoms with van der Waals surface area (Å²) in [7, 11) is 0. The van der Waals surface area contributed by atoms with Gasteiger partial charge in [0.2, 0.25) is 0 Å². The van der Waals surface area contributed by atoms with Gasteiger partial charge in [-0.3, -0.25) is 4.79 Å². The fourth-order valence-electron chi connectivity index (χ4n) is 2.49. The van der Waals surface area contributed by atoms with E-state index in [1.165, 1.54) is 24.3 Å². The highest BCUT2D eigenvalue weighted by atomic mass is 79.9. The van der Waals surface area contributed by atoms with Crippen LogP contribution in [0.5, 0.6) is 0 Å². The molecule has 0 unspecified atom stereocenters. The molecule has 2 aromatic carbocycles. The first-order valence-electron chi connectivity index (χ1n) is 7.24. The summed E-state index contributed by atoms with van der Waals surface area (Å²) in [5.74, 6) is -1.02. The smallest absolute Gasteiger partial charge is 0.362 e. The summed E-state index contributed by atoms with van der Waals surface area (Å²) in [5, 5.41) is 14.2. The van der Waals surface area contributed by atoms with E-state index in [1.54, 1.807) is 30.3 Å². The maximum atomic E-state index is 13.5. The molecule has 0 radical (unpaired) electrons. The molecule has 4 nitrogen and oxygen atoms in total. The first-order valence-corrected chi connectivity index (χ1v) is 8.04. The van der Waals surface area contributed by atoms with Crippen molar-refractivity contribution in [3.8, 4) is 0 Å². The van der Waals surface area contributed by atoms with Gasteiger partial charge in [0.25, 0.3) is 11.6 Å². The first-order chi connectivity index (χ1) is 11.7. The molecule has 25 heavy (non-hydrogen) atoms. The molecule has 1 atom stereocenters. The molecular formula is C17H12BrF3N2O2. The van der Waals surface area contributed by atoms with E-state index in [2.05, 4.69) is 21.0 Å². The van der Waals surface area contributed by atoms with E-state index in [-0.39, 0.29) is 16.3 Å². The highest BCUT2D eigenvalue weighted by molar-refractivity contribution is 9.10. The zero-order valence-corrected chi connectivity index (χ0v) is 14.3. The van der Waals surface area contributed by atoms with Crippen molar-refractivity contribution in [1.29, 1.82) is 0 Å². The molecule has 1 aliphatic heterocycles. The number of benzene rings is 2. The van der Waals surface area contributed by atoms with Crippen molar-refractivity contribution < 1.29 is 23.1 Å². The second-order valence-electron chi connectivity index (χ2n) is 5.53. The lowest BCUT2D eigenvalue weighted by molar-refractivity contribution is -0.297. The van der Waals surface area contributed by atoms with Crippen molar-refractivity contribution in [2.45, 2.75) is 18.3 Å². The van der Waals surface area contributed by atoms with Crippen LogP contribution in [0.25, 0.3) is 0 Å². The van der Waals surface area contributed by atoms with Crippen molar-refractivity contribution in [3.05, 3.63) is 70.2 Å². The lowest BCUT2D eigenvalue weighted by Gasteiger charge is -2.32. The molecule has 3 rings (SSSR count). The molecule has 0 aliphatic carbocycles. The minimum absolute atomic E-state index is 0.00554. The van der Waals surface area contributed by atoms with E-state index in [4.69, 9.17) is 0 Å². The Morgan fingerprint density at radius 3 is 2.28 bits per heavy atom. The number of hydrogen-bond donors (Lipinski definition) is 1. The van der Waals surface area contributed by atoms with E-state index in [0.717, 1.165) is 4.47 Å². The highest BCUT2D eigenvalue weighted by Crippen LogP contribution is 2.42. The molecule has 0 saturated heterocycles. The third-order valence-corrected chi connectivity index (χ3v) is 4.36. The second kappa shape index (κ2) is 6.27. The Labute approximate surface area is 149 Å². The number of carbonyl (C=O) groups is 1. The van der Waals surface area contributed by atoms with Crippen LogP contribution >= 0.6 is 15.9 Å². The van der Waals surface area contributed by atoms with Crippen LogP contribution in [-0.2, 0) is 0 Å². The monoisotopic (exact) mass is 412 g/mol. The molecule has 1 N–H and O–H groups in total. The minimum atomic E-state index is -5.06. The van der Waals surface area contributed by atoms with Crippen molar-refractivity contribution in [3.63, 3.8) is 0 Å². The van der Waals surface area contributed by atoms with Gasteiger partial charge < -0.3 is 5.11 Å².